The van der Waals surface area contributed by atoms with E-state index in [0.29, 0.717) is 23.9 Å². The Morgan fingerprint density at radius 2 is 1.97 bits per heavy atom. The third-order valence-corrected chi connectivity index (χ3v) is 5.26. The van der Waals surface area contributed by atoms with E-state index in [2.05, 4.69) is 4.98 Å². The number of fused-ring (bicyclic) bond motifs is 1. The van der Waals surface area contributed by atoms with Crippen molar-refractivity contribution in [3.05, 3.63) is 40.9 Å². The number of hydrogen-bond donors (Lipinski definition) is 0. The maximum absolute atomic E-state index is 13.0. The van der Waals surface area contributed by atoms with Gasteiger partial charge in [0.2, 0.25) is 0 Å². The normalized spacial score (nSPS) is 19.2. The van der Waals surface area contributed by atoms with Crippen LogP contribution in [0.1, 0.15) is 40.0 Å². The fraction of sp³-hybridized carbons (Fsp3) is 0.565. The molecule has 1 aliphatic rings. The number of aromatic nitrogens is 2. The number of ketones is 1. The molecule has 3 rings (SSSR count). The van der Waals surface area contributed by atoms with E-state index < -0.39 is 17.7 Å². The zero-order chi connectivity index (χ0) is 23.3. The van der Waals surface area contributed by atoms with E-state index in [1.807, 2.05) is 0 Å². The third-order valence-electron chi connectivity index (χ3n) is 5.26. The Morgan fingerprint density at radius 3 is 2.69 bits per heavy atom. The predicted molar refractivity (Wildman–Crippen MR) is 118 cm³/mol. The molecule has 1 fully saturated rings. The average Bonchev–Trinajstić information content (AvgIpc) is 2.74. The fourth-order valence-electron chi connectivity index (χ4n) is 3.87. The molecule has 174 valence electrons. The van der Waals surface area contributed by atoms with Gasteiger partial charge in [-0.2, -0.15) is 0 Å². The Balaban J connectivity index is 1.79. The van der Waals surface area contributed by atoms with E-state index in [-0.39, 0.29) is 37.2 Å². The molecule has 1 saturated heterocycles. The standard InChI is InChI=1S/C23H31N3O6/c1-23(2,3)32-22(29)26-11-7-10-20(31-15-30-4)19(26)12-16(27)13-25-14-24-18-9-6-5-8-17(18)21(25)28/h5-6,8-9,14,19-20H,7,10-13,15H2,1-4H3/t19?,20-/m0/s1. The summed E-state index contributed by atoms with van der Waals surface area (Å²) >= 11 is 0. The van der Waals surface area contributed by atoms with Crippen molar-refractivity contribution in [2.45, 2.75) is 64.3 Å². The second kappa shape index (κ2) is 10.2. The minimum absolute atomic E-state index is 0.0346. The van der Waals surface area contributed by atoms with Crippen LogP contribution < -0.4 is 5.56 Å². The molecule has 0 radical (unpaired) electrons. The maximum atomic E-state index is 13.0. The molecule has 0 N–H and O–H groups in total. The van der Waals surface area contributed by atoms with Crippen molar-refractivity contribution in [1.82, 2.24) is 14.5 Å². The molecule has 2 atom stereocenters. The van der Waals surface area contributed by atoms with Crippen LogP contribution in [0.5, 0.6) is 0 Å². The lowest BCUT2D eigenvalue weighted by Crippen LogP contribution is -2.54. The summed E-state index contributed by atoms with van der Waals surface area (Å²) in [5.41, 5.74) is -0.350. The van der Waals surface area contributed by atoms with E-state index in [4.69, 9.17) is 14.2 Å². The number of carbonyl (C=O) groups excluding carboxylic acids is 2. The molecule has 1 unspecified atom stereocenters. The summed E-state index contributed by atoms with van der Waals surface area (Å²) in [6.07, 6.45) is 1.99. The first-order valence-corrected chi connectivity index (χ1v) is 10.8. The van der Waals surface area contributed by atoms with E-state index in [1.54, 1.807) is 49.9 Å². The van der Waals surface area contributed by atoms with Crippen molar-refractivity contribution >= 4 is 22.8 Å². The van der Waals surface area contributed by atoms with Gasteiger partial charge in [0.15, 0.2) is 5.78 Å². The maximum Gasteiger partial charge on any atom is 0.410 e. The van der Waals surface area contributed by atoms with Gasteiger partial charge in [-0.05, 0) is 45.7 Å². The lowest BCUT2D eigenvalue weighted by Gasteiger charge is -2.41. The number of hydrogen-bond acceptors (Lipinski definition) is 7. The van der Waals surface area contributed by atoms with Gasteiger partial charge < -0.3 is 19.1 Å². The van der Waals surface area contributed by atoms with Crippen LogP contribution in [0.15, 0.2) is 35.4 Å². The van der Waals surface area contributed by atoms with Gasteiger partial charge >= 0.3 is 6.09 Å². The number of carbonyl (C=O) groups is 2. The summed E-state index contributed by atoms with van der Waals surface area (Å²) in [7, 11) is 1.52. The Bertz CT molecular complexity index is 1010. The number of piperidine rings is 1. The Kier molecular flexibility index (Phi) is 7.63. The number of methoxy groups -OCH3 is 1. The van der Waals surface area contributed by atoms with Gasteiger partial charge in [-0.15, -0.1) is 0 Å². The number of nitrogens with zero attached hydrogens (tertiary/aromatic N) is 3. The minimum Gasteiger partial charge on any atom is -0.444 e. The lowest BCUT2D eigenvalue weighted by atomic mass is 9.94. The molecule has 0 bridgehead atoms. The highest BCUT2D eigenvalue weighted by Crippen LogP contribution is 2.26. The molecule has 9 nitrogen and oxygen atoms in total. The van der Waals surface area contributed by atoms with E-state index >= 15 is 0 Å². The highest BCUT2D eigenvalue weighted by atomic mass is 16.7. The third kappa shape index (κ3) is 5.92. The van der Waals surface area contributed by atoms with Crippen molar-refractivity contribution in [1.29, 1.82) is 0 Å². The van der Waals surface area contributed by atoms with Gasteiger partial charge in [-0.25, -0.2) is 9.78 Å². The lowest BCUT2D eigenvalue weighted by molar-refractivity contribution is -0.131. The molecule has 2 aromatic rings. The molecule has 0 saturated carbocycles. The van der Waals surface area contributed by atoms with Gasteiger partial charge in [-0.3, -0.25) is 14.2 Å². The van der Waals surface area contributed by atoms with Crippen LogP contribution in [0.4, 0.5) is 4.79 Å². The van der Waals surface area contributed by atoms with Crippen LogP contribution >= 0.6 is 0 Å². The first-order valence-electron chi connectivity index (χ1n) is 10.8. The topological polar surface area (TPSA) is 100.0 Å². The summed E-state index contributed by atoms with van der Waals surface area (Å²) < 4.78 is 17.7. The number of ether oxygens (including phenoxy) is 3. The van der Waals surface area contributed by atoms with Crippen molar-refractivity contribution in [2.24, 2.45) is 0 Å². The van der Waals surface area contributed by atoms with E-state index in [0.717, 1.165) is 6.42 Å². The zero-order valence-corrected chi connectivity index (χ0v) is 19.1. The minimum atomic E-state index is -0.657. The summed E-state index contributed by atoms with van der Waals surface area (Å²) in [5.74, 6) is -0.198. The van der Waals surface area contributed by atoms with Crippen LogP contribution in [-0.4, -0.2) is 64.5 Å². The Labute approximate surface area is 187 Å². The number of amides is 1. The summed E-state index contributed by atoms with van der Waals surface area (Å²) in [6.45, 7) is 5.79. The van der Waals surface area contributed by atoms with Crippen LogP contribution in [0, 0.1) is 0 Å². The number of rotatable bonds is 7. The molecule has 9 heteroatoms. The van der Waals surface area contributed by atoms with Gasteiger partial charge in [0.05, 0.1) is 35.9 Å². The van der Waals surface area contributed by atoms with Gasteiger partial charge in [0, 0.05) is 20.1 Å². The van der Waals surface area contributed by atoms with Gasteiger partial charge in [0.25, 0.3) is 5.56 Å². The monoisotopic (exact) mass is 445 g/mol. The van der Waals surface area contributed by atoms with Crippen molar-refractivity contribution in [3.8, 4) is 0 Å². The number of para-hydroxylation sites is 1. The second-order valence-electron chi connectivity index (χ2n) is 8.93. The molecule has 0 aliphatic carbocycles. The fourth-order valence-corrected chi connectivity index (χ4v) is 3.87. The highest BCUT2D eigenvalue weighted by Gasteiger charge is 2.38. The quantitative estimate of drug-likeness (QED) is 0.604. The predicted octanol–water partition coefficient (Wildman–Crippen LogP) is 2.74. The van der Waals surface area contributed by atoms with Crippen LogP contribution in [0.25, 0.3) is 10.9 Å². The molecule has 1 aliphatic heterocycles. The molecular weight excluding hydrogens is 414 g/mol. The molecule has 0 spiro atoms. The number of likely N-dealkylation sites (tertiary alicyclic amines) is 1. The van der Waals surface area contributed by atoms with Crippen LogP contribution in [0.3, 0.4) is 0 Å². The summed E-state index contributed by atoms with van der Waals surface area (Å²) in [4.78, 5) is 44.4. The Morgan fingerprint density at radius 1 is 1.22 bits per heavy atom. The zero-order valence-electron chi connectivity index (χ0n) is 19.1. The SMILES string of the molecule is COCO[C@H]1CCCN(C(=O)OC(C)(C)C)C1CC(=O)Cn1cnc2ccccc2c1=O. The van der Waals surface area contributed by atoms with Gasteiger partial charge in [-0.1, -0.05) is 12.1 Å². The van der Waals surface area contributed by atoms with Crippen molar-refractivity contribution in [2.75, 3.05) is 20.4 Å². The molecule has 1 aromatic carbocycles. The smallest absolute Gasteiger partial charge is 0.410 e. The first kappa shape index (κ1) is 23.9. The van der Waals surface area contributed by atoms with Gasteiger partial charge in [0.1, 0.15) is 12.4 Å². The molecular formula is C23H31N3O6. The average molecular weight is 446 g/mol. The Hall–Kier alpha value is -2.78. The largest absolute Gasteiger partial charge is 0.444 e. The van der Waals surface area contributed by atoms with E-state index in [1.165, 1.54) is 18.0 Å². The number of benzene rings is 1. The molecule has 1 amide bonds. The van der Waals surface area contributed by atoms with Crippen LogP contribution in [0.2, 0.25) is 0 Å². The molecule has 32 heavy (non-hydrogen) atoms. The number of Topliss-reactive ketones (excluding diaryl/α,β-unsaturated/α-hetero) is 1. The van der Waals surface area contributed by atoms with E-state index in [9.17, 15) is 14.4 Å². The molecule has 1 aromatic heterocycles. The second-order valence-corrected chi connectivity index (χ2v) is 8.93. The first-order chi connectivity index (χ1) is 15.2. The highest BCUT2D eigenvalue weighted by molar-refractivity contribution is 5.81. The summed E-state index contributed by atoms with van der Waals surface area (Å²) in [5, 5.41) is 0.456. The molecule has 2 heterocycles. The van der Waals surface area contributed by atoms with Crippen LogP contribution in [-0.2, 0) is 25.5 Å². The van der Waals surface area contributed by atoms with Crippen molar-refractivity contribution < 1.29 is 23.8 Å². The van der Waals surface area contributed by atoms with Crippen molar-refractivity contribution in [3.63, 3.8) is 0 Å². The summed E-state index contributed by atoms with van der Waals surface area (Å²) in [6, 6.07) is 6.49.